The molecule has 0 aliphatic carbocycles. The fourth-order valence-electron chi connectivity index (χ4n) is 1.80. The van der Waals surface area contributed by atoms with Crippen LogP contribution in [0.2, 0.25) is 10.0 Å². The van der Waals surface area contributed by atoms with Crippen molar-refractivity contribution in [1.29, 1.82) is 0 Å². The first-order valence-electron chi connectivity index (χ1n) is 6.43. The van der Waals surface area contributed by atoms with Crippen molar-refractivity contribution in [3.05, 3.63) is 33.6 Å². The molecule has 0 aliphatic rings. The first-order chi connectivity index (χ1) is 9.50. The molecule has 0 saturated carbocycles. The summed E-state index contributed by atoms with van der Waals surface area (Å²) in [6.45, 7) is 7.66. The van der Waals surface area contributed by atoms with Crippen molar-refractivity contribution in [2.24, 2.45) is 5.92 Å². The van der Waals surface area contributed by atoms with Gasteiger partial charge in [0.2, 0.25) is 0 Å². The summed E-state index contributed by atoms with van der Waals surface area (Å²) in [5.41, 5.74) is 1.56. The number of hydrogen-bond donors (Lipinski definition) is 1. The van der Waals surface area contributed by atoms with Crippen LogP contribution in [0.15, 0.2) is 12.1 Å². The SMILES string of the molecule is Cc1ccc(Cl)c(-n2nnnc2CNCC(C)C)c1Cl. The molecule has 2 rings (SSSR count). The second kappa shape index (κ2) is 6.52. The van der Waals surface area contributed by atoms with Gasteiger partial charge in [-0.05, 0) is 41.4 Å². The number of hydrogen-bond acceptors (Lipinski definition) is 4. The zero-order valence-electron chi connectivity index (χ0n) is 11.7. The summed E-state index contributed by atoms with van der Waals surface area (Å²) in [7, 11) is 0. The van der Waals surface area contributed by atoms with Crippen LogP contribution < -0.4 is 5.32 Å². The van der Waals surface area contributed by atoms with E-state index in [4.69, 9.17) is 23.2 Å². The minimum atomic E-state index is 0.526. The smallest absolute Gasteiger partial charge is 0.170 e. The van der Waals surface area contributed by atoms with Crippen LogP contribution in [0.1, 0.15) is 25.2 Å². The first kappa shape index (κ1) is 15.2. The second-order valence-corrected chi connectivity index (χ2v) is 5.84. The third kappa shape index (κ3) is 3.29. The van der Waals surface area contributed by atoms with E-state index in [1.165, 1.54) is 0 Å². The fourth-order valence-corrected chi connectivity index (χ4v) is 2.33. The Bertz CT molecular complexity index is 594. The van der Waals surface area contributed by atoms with E-state index in [0.29, 0.717) is 34.0 Å². The maximum atomic E-state index is 6.33. The van der Waals surface area contributed by atoms with Gasteiger partial charge < -0.3 is 5.32 Å². The third-order valence-corrected chi connectivity index (χ3v) is 3.62. The van der Waals surface area contributed by atoms with Crippen molar-refractivity contribution in [3.63, 3.8) is 0 Å². The summed E-state index contributed by atoms with van der Waals surface area (Å²) >= 11 is 12.6. The lowest BCUT2D eigenvalue weighted by Gasteiger charge is -2.11. The Labute approximate surface area is 128 Å². The van der Waals surface area contributed by atoms with E-state index in [9.17, 15) is 0 Å². The summed E-state index contributed by atoms with van der Waals surface area (Å²) in [5, 5.41) is 16.1. The number of aryl methyl sites for hydroxylation is 1. The molecule has 0 radical (unpaired) electrons. The predicted molar refractivity (Wildman–Crippen MR) is 80.5 cm³/mol. The number of rotatable bonds is 5. The van der Waals surface area contributed by atoms with E-state index < -0.39 is 0 Å². The highest BCUT2D eigenvalue weighted by Gasteiger charge is 2.16. The molecule has 1 N–H and O–H groups in total. The topological polar surface area (TPSA) is 55.6 Å². The molecule has 0 unspecified atom stereocenters. The molecule has 1 aromatic heterocycles. The molecule has 0 fully saturated rings. The van der Waals surface area contributed by atoms with Gasteiger partial charge in [-0.15, -0.1) is 5.10 Å². The van der Waals surface area contributed by atoms with E-state index in [1.54, 1.807) is 10.7 Å². The lowest BCUT2D eigenvalue weighted by Crippen LogP contribution is -2.21. The van der Waals surface area contributed by atoms with Crippen LogP contribution in [0.4, 0.5) is 0 Å². The van der Waals surface area contributed by atoms with E-state index in [1.807, 2.05) is 13.0 Å². The van der Waals surface area contributed by atoms with Crippen molar-refractivity contribution in [3.8, 4) is 5.69 Å². The molecule has 0 spiro atoms. The number of benzene rings is 1. The first-order valence-corrected chi connectivity index (χ1v) is 7.19. The molecule has 0 amide bonds. The van der Waals surface area contributed by atoms with E-state index in [-0.39, 0.29) is 0 Å². The van der Waals surface area contributed by atoms with Gasteiger partial charge in [0.1, 0.15) is 5.69 Å². The Kier molecular flexibility index (Phi) is 4.96. The largest absolute Gasteiger partial charge is 0.310 e. The molecular weight excluding hydrogens is 297 g/mol. The van der Waals surface area contributed by atoms with Gasteiger partial charge in [-0.25, -0.2) is 0 Å². The molecule has 7 heteroatoms. The molecule has 1 heterocycles. The molecular formula is C13H17Cl2N5. The summed E-state index contributed by atoms with van der Waals surface area (Å²) in [5.74, 6) is 1.24. The van der Waals surface area contributed by atoms with Crippen molar-refractivity contribution in [2.75, 3.05) is 6.54 Å². The molecule has 20 heavy (non-hydrogen) atoms. The molecule has 0 atom stereocenters. The highest BCUT2D eigenvalue weighted by Crippen LogP contribution is 2.31. The molecule has 0 saturated heterocycles. The fraction of sp³-hybridized carbons (Fsp3) is 0.462. The molecule has 2 aromatic rings. The van der Waals surface area contributed by atoms with Crippen molar-refractivity contribution >= 4 is 23.2 Å². The zero-order chi connectivity index (χ0) is 14.7. The minimum Gasteiger partial charge on any atom is -0.310 e. The summed E-state index contributed by atoms with van der Waals surface area (Å²) in [6, 6.07) is 3.67. The zero-order valence-corrected chi connectivity index (χ0v) is 13.2. The van der Waals surface area contributed by atoms with Crippen molar-refractivity contribution < 1.29 is 0 Å². The van der Waals surface area contributed by atoms with Gasteiger partial charge in [-0.2, -0.15) is 4.68 Å². The van der Waals surface area contributed by atoms with Crippen LogP contribution in [-0.4, -0.2) is 26.8 Å². The quantitative estimate of drug-likeness (QED) is 0.922. The lowest BCUT2D eigenvalue weighted by molar-refractivity contribution is 0.537. The number of halogens is 2. The third-order valence-electron chi connectivity index (χ3n) is 2.84. The Balaban J connectivity index is 2.30. The number of nitrogens with zero attached hydrogens (tertiary/aromatic N) is 4. The molecule has 1 aromatic carbocycles. The van der Waals surface area contributed by atoms with E-state index >= 15 is 0 Å². The molecule has 0 bridgehead atoms. The lowest BCUT2D eigenvalue weighted by atomic mass is 10.2. The van der Waals surface area contributed by atoms with Gasteiger partial charge in [-0.1, -0.05) is 43.1 Å². The van der Waals surface area contributed by atoms with Gasteiger partial charge in [0.05, 0.1) is 16.6 Å². The maximum Gasteiger partial charge on any atom is 0.170 e. The average molecular weight is 314 g/mol. The second-order valence-electron chi connectivity index (χ2n) is 5.06. The Morgan fingerprint density at radius 1 is 1.30 bits per heavy atom. The van der Waals surface area contributed by atoms with Crippen LogP contribution in [0.3, 0.4) is 0 Å². The maximum absolute atomic E-state index is 6.33. The average Bonchev–Trinajstić information content (AvgIpc) is 2.82. The Hall–Kier alpha value is -1.17. The minimum absolute atomic E-state index is 0.526. The highest BCUT2D eigenvalue weighted by molar-refractivity contribution is 6.38. The summed E-state index contributed by atoms with van der Waals surface area (Å²) < 4.78 is 1.59. The molecule has 108 valence electrons. The van der Waals surface area contributed by atoms with E-state index in [2.05, 4.69) is 34.7 Å². The number of nitrogens with one attached hydrogen (secondary N) is 1. The normalized spacial score (nSPS) is 11.3. The van der Waals surface area contributed by atoms with Gasteiger partial charge in [0.15, 0.2) is 5.82 Å². The molecule has 0 aliphatic heterocycles. The summed E-state index contributed by atoms with van der Waals surface area (Å²) in [6.07, 6.45) is 0. The van der Waals surface area contributed by atoms with Crippen LogP contribution in [0.5, 0.6) is 0 Å². The monoisotopic (exact) mass is 313 g/mol. The van der Waals surface area contributed by atoms with Gasteiger partial charge in [0.25, 0.3) is 0 Å². The standard InChI is InChI=1S/C13H17Cl2N5/c1-8(2)6-16-7-11-17-18-19-20(11)13-10(14)5-4-9(3)12(13)15/h4-5,8,16H,6-7H2,1-3H3. The van der Waals surface area contributed by atoms with Crippen molar-refractivity contribution in [2.45, 2.75) is 27.3 Å². The van der Waals surface area contributed by atoms with Gasteiger partial charge >= 0.3 is 0 Å². The Morgan fingerprint density at radius 2 is 2.05 bits per heavy atom. The Morgan fingerprint density at radius 3 is 2.75 bits per heavy atom. The summed E-state index contributed by atoms with van der Waals surface area (Å²) in [4.78, 5) is 0. The highest BCUT2D eigenvalue weighted by atomic mass is 35.5. The van der Waals surface area contributed by atoms with E-state index in [0.717, 1.165) is 12.1 Å². The number of tetrazole rings is 1. The van der Waals surface area contributed by atoms with Crippen LogP contribution >= 0.6 is 23.2 Å². The predicted octanol–water partition coefficient (Wildman–Crippen LogP) is 3.02. The van der Waals surface area contributed by atoms with Crippen molar-refractivity contribution in [1.82, 2.24) is 25.5 Å². The van der Waals surface area contributed by atoms with Gasteiger partial charge in [-0.3, -0.25) is 0 Å². The number of aromatic nitrogens is 4. The van der Waals surface area contributed by atoms with Crippen LogP contribution in [0, 0.1) is 12.8 Å². The van der Waals surface area contributed by atoms with Crippen LogP contribution in [0.25, 0.3) is 5.69 Å². The van der Waals surface area contributed by atoms with Crippen LogP contribution in [-0.2, 0) is 6.54 Å². The molecule has 5 nitrogen and oxygen atoms in total. The van der Waals surface area contributed by atoms with Gasteiger partial charge in [0, 0.05) is 0 Å².